The number of aromatic nitrogens is 2. The van der Waals surface area contributed by atoms with Crippen molar-refractivity contribution in [3.8, 4) is 0 Å². The number of hydrogen-bond donors (Lipinski definition) is 0. The second kappa shape index (κ2) is 9.47. The SMILES string of the molecule is CC(C)(C)Cc1cc[n+]2c3ccccc3c3cccc[n+]3c3cc4sc5ccccc5c5ccccc5c4cc3c2c1. The van der Waals surface area contributed by atoms with Crippen LogP contribution < -0.4 is 8.80 Å². The molecule has 0 aliphatic rings. The van der Waals surface area contributed by atoms with Crippen LogP contribution in [0.25, 0.3) is 63.8 Å². The Labute approximate surface area is 249 Å². The fraction of sp³-hybridized carbons (Fsp3) is 0.128. The smallest absolute Gasteiger partial charge is 0.159 e. The summed E-state index contributed by atoms with van der Waals surface area (Å²) in [5.74, 6) is 0. The largest absolute Gasteiger partial charge is 0.226 e. The molecule has 0 aliphatic heterocycles. The van der Waals surface area contributed by atoms with Crippen LogP contribution in [0.15, 0.2) is 128 Å². The summed E-state index contributed by atoms with van der Waals surface area (Å²) in [5.41, 5.74) is 6.34. The molecule has 0 radical (unpaired) electrons. The molecule has 0 saturated carbocycles. The normalized spacial score (nSPS) is 12.3. The number of rotatable bonds is 1. The summed E-state index contributed by atoms with van der Waals surface area (Å²) in [6.45, 7) is 6.95. The van der Waals surface area contributed by atoms with Gasteiger partial charge < -0.3 is 0 Å². The maximum absolute atomic E-state index is 2.45. The zero-order chi connectivity index (χ0) is 28.4. The first kappa shape index (κ1) is 25.1. The second-order valence-electron chi connectivity index (χ2n) is 12.5. The van der Waals surface area contributed by atoms with Crippen molar-refractivity contribution in [1.82, 2.24) is 0 Å². The molecule has 0 amide bonds. The molecule has 4 heterocycles. The molecule has 0 unspecified atom stereocenters. The highest BCUT2D eigenvalue weighted by atomic mass is 32.1. The minimum Gasteiger partial charge on any atom is -0.159 e. The van der Waals surface area contributed by atoms with Crippen LogP contribution in [-0.2, 0) is 6.42 Å². The zero-order valence-corrected chi connectivity index (χ0v) is 25.0. The maximum Gasteiger partial charge on any atom is 0.226 e. The van der Waals surface area contributed by atoms with Crippen molar-refractivity contribution in [3.05, 3.63) is 133 Å². The highest BCUT2D eigenvalue weighted by Crippen LogP contribution is 2.36. The Morgan fingerprint density at radius 2 is 1.07 bits per heavy atom. The summed E-state index contributed by atoms with van der Waals surface area (Å²) in [5, 5.41) is 7.60. The minimum absolute atomic E-state index is 0.192. The van der Waals surface area contributed by atoms with E-state index in [9.17, 15) is 0 Å². The summed E-state index contributed by atoms with van der Waals surface area (Å²) in [6.07, 6.45) is 5.51. The molecule has 0 atom stereocenters. The lowest BCUT2D eigenvalue weighted by atomic mass is 9.88. The van der Waals surface area contributed by atoms with Crippen LogP contribution in [0.2, 0.25) is 0 Å². The molecule has 8 rings (SSSR count). The molecule has 4 aromatic heterocycles. The van der Waals surface area contributed by atoms with Crippen LogP contribution in [0.1, 0.15) is 26.3 Å². The molecule has 0 saturated heterocycles. The Bertz CT molecular complexity index is 2430. The Morgan fingerprint density at radius 1 is 0.476 bits per heavy atom. The van der Waals surface area contributed by atoms with Gasteiger partial charge in [0.2, 0.25) is 22.1 Å². The van der Waals surface area contributed by atoms with Crippen LogP contribution >= 0.6 is 11.3 Å². The first-order chi connectivity index (χ1) is 20.4. The fourth-order valence-corrected chi connectivity index (χ4v) is 7.70. The summed E-state index contributed by atoms with van der Waals surface area (Å²) in [7, 11) is 0. The maximum atomic E-state index is 2.45. The predicted octanol–water partition coefficient (Wildman–Crippen LogP) is 9.70. The average Bonchev–Trinajstić information content (AvgIpc) is 3.13. The molecule has 0 aliphatic carbocycles. The third-order valence-electron chi connectivity index (χ3n) is 8.30. The van der Waals surface area contributed by atoms with Crippen molar-refractivity contribution in [3.63, 3.8) is 0 Å². The van der Waals surface area contributed by atoms with Gasteiger partial charge in [-0.05, 0) is 57.8 Å². The molecule has 202 valence electrons. The van der Waals surface area contributed by atoms with E-state index in [-0.39, 0.29) is 5.41 Å². The molecular weight excluding hydrogens is 529 g/mol. The van der Waals surface area contributed by atoms with E-state index >= 15 is 0 Å². The third-order valence-corrected chi connectivity index (χ3v) is 9.43. The van der Waals surface area contributed by atoms with Crippen molar-refractivity contribution in [2.75, 3.05) is 0 Å². The van der Waals surface area contributed by atoms with Gasteiger partial charge in [0.25, 0.3) is 0 Å². The lowest BCUT2D eigenvalue weighted by Gasteiger charge is -2.17. The molecule has 2 nitrogen and oxygen atoms in total. The van der Waals surface area contributed by atoms with Crippen LogP contribution in [-0.4, -0.2) is 0 Å². The lowest BCUT2D eigenvalue weighted by Crippen LogP contribution is -2.27. The highest BCUT2D eigenvalue weighted by molar-refractivity contribution is 7.24. The van der Waals surface area contributed by atoms with Crippen LogP contribution in [0.5, 0.6) is 0 Å². The third kappa shape index (κ3) is 4.07. The number of benzene rings is 4. The van der Waals surface area contributed by atoms with Gasteiger partial charge in [0, 0.05) is 51.2 Å². The van der Waals surface area contributed by atoms with Crippen molar-refractivity contribution in [2.24, 2.45) is 5.41 Å². The van der Waals surface area contributed by atoms with Crippen molar-refractivity contribution >= 4 is 75.1 Å². The van der Waals surface area contributed by atoms with E-state index in [4.69, 9.17) is 0 Å². The van der Waals surface area contributed by atoms with Gasteiger partial charge in [-0.25, -0.2) is 0 Å². The summed E-state index contributed by atoms with van der Waals surface area (Å²) >= 11 is 1.88. The topological polar surface area (TPSA) is 8.20 Å². The molecule has 0 bridgehead atoms. The first-order valence-corrected chi connectivity index (χ1v) is 15.5. The molecule has 42 heavy (non-hydrogen) atoms. The average molecular weight is 561 g/mol. The Hall–Kier alpha value is -4.60. The summed E-state index contributed by atoms with van der Waals surface area (Å²) in [4.78, 5) is 0. The van der Waals surface area contributed by atoms with Crippen LogP contribution in [0, 0.1) is 5.41 Å². The van der Waals surface area contributed by atoms with Gasteiger partial charge in [0.05, 0.1) is 0 Å². The van der Waals surface area contributed by atoms with E-state index in [2.05, 4.69) is 157 Å². The Balaban J connectivity index is 1.70. The lowest BCUT2D eigenvalue weighted by molar-refractivity contribution is -0.488. The van der Waals surface area contributed by atoms with E-state index in [0.29, 0.717) is 0 Å². The summed E-state index contributed by atoms with van der Waals surface area (Å²) in [6, 6.07) is 42.6. The van der Waals surface area contributed by atoms with Gasteiger partial charge in [0.15, 0.2) is 12.4 Å². The number of fused-ring (bicyclic) bond motifs is 13. The minimum atomic E-state index is 0.192. The Morgan fingerprint density at radius 3 is 1.83 bits per heavy atom. The van der Waals surface area contributed by atoms with Gasteiger partial charge in [-0.15, -0.1) is 11.3 Å². The number of hydrogen-bond acceptors (Lipinski definition) is 1. The van der Waals surface area contributed by atoms with E-state index in [1.807, 2.05) is 11.3 Å². The molecule has 0 spiro atoms. The number of pyridine rings is 2. The van der Waals surface area contributed by atoms with Crippen LogP contribution in [0.3, 0.4) is 0 Å². The van der Waals surface area contributed by atoms with Crippen LogP contribution in [0.4, 0.5) is 0 Å². The van der Waals surface area contributed by atoms with Gasteiger partial charge in [-0.3, -0.25) is 0 Å². The molecule has 8 aromatic rings. The van der Waals surface area contributed by atoms with E-state index < -0.39 is 0 Å². The fourth-order valence-electron chi connectivity index (χ4n) is 6.57. The highest BCUT2D eigenvalue weighted by Gasteiger charge is 2.22. The molecule has 0 fully saturated rings. The van der Waals surface area contributed by atoms with E-state index in [1.165, 1.54) is 69.3 Å². The summed E-state index contributed by atoms with van der Waals surface area (Å²) < 4.78 is 7.35. The standard InChI is InChI=1S/C39H32N2S/c1-39(2,3)25-26-19-21-41-34-16-8-6-15-30(34)33-17-10-11-20-40(33)36-24-38-31(23-32(36)35(41)22-26)28-13-5-4-12-27(28)29-14-7-9-18-37(29)42-38/h4-24H,25H2,1-3H3/q+2. The first-order valence-electron chi connectivity index (χ1n) is 14.7. The second-order valence-corrected chi connectivity index (χ2v) is 13.6. The monoisotopic (exact) mass is 560 g/mol. The predicted molar refractivity (Wildman–Crippen MR) is 179 cm³/mol. The van der Waals surface area contributed by atoms with Gasteiger partial charge in [0.1, 0.15) is 10.8 Å². The number of nitrogens with zero attached hydrogens (tertiary/aromatic N) is 2. The number of para-hydroxylation sites is 1. The van der Waals surface area contributed by atoms with Gasteiger partial charge in [-0.2, -0.15) is 8.80 Å². The van der Waals surface area contributed by atoms with E-state index in [0.717, 1.165) is 6.42 Å². The quantitative estimate of drug-likeness (QED) is 0.177. The molecular formula is C39H32N2S+2. The molecule has 0 N–H and O–H groups in total. The van der Waals surface area contributed by atoms with Gasteiger partial charge >= 0.3 is 0 Å². The van der Waals surface area contributed by atoms with Crippen molar-refractivity contribution in [2.45, 2.75) is 27.2 Å². The van der Waals surface area contributed by atoms with Crippen molar-refractivity contribution in [1.29, 1.82) is 0 Å². The Kier molecular flexibility index (Phi) is 5.67. The van der Waals surface area contributed by atoms with E-state index in [1.54, 1.807) is 0 Å². The molecule has 3 heteroatoms. The van der Waals surface area contributed by atoms with Gasteiger partial charge in [-0.1, -0.05) is 75.4 Å². The zero-order valence-electron chi connectivity index (χ0n) is 24.1. The van der Waals surface area contributed by atoms with Crippen molar-refractivity contribution < 1.29 is 8.80 Å². The molecule has 4 aromatic carbocycles.